The topological polar surface area (TPSA) is 76.7 Å². The highest BCUT2D eigenvalue weighted by atomic mass is 19.4. The lowest BCUT2D eigenvalue weighted by atomic mass is 9.77. The van der Waals surface area contributed by atoms with Gasteiger partial charge >= 0.3 is 24.8 Å². The van der Waals surface area contributed by atoms with E-state index < -0.39 is 89.1 Å². The van der Waals surface area contributed by atoms with E-state index in [4.69, 9.17) is 0 Å². The molecular formula is C33H24F10N2O4. The van der Waals surface area contributed by atoms with Crippen molar-refractivity contribution in [1.82, 2.24) is 10.6 Å². The van der Waals surface area contributed by atoms with Crippen LogP contribution in [0.4, 0.5) is 48.7 Å². The minimum atomic E-state index is -5.23. The third kappa shape index (κ3) is 8.61. The quantitative estimate of drug-likeness (QED) is 0.155. The Hall–Kier alpha value is -5.28. The zero-order valence-corrected chi connectivity index (χ0v) is 25.0. The van der Waals surface area contributed by atoms with E-state index in [2.05, 4.69) is 20.1 Å². The molecule has 6 nitrogen and oxygen atoms in total. The first-order valence-electron chi connectivity index (χ1n) is 13.9. The number of hydrogen-bond donors (Lipinski definition) is 2. The van der Waals surface area contributed by atoms with Gasteiger partial charge in [-0.25, -0.2) is 18.0 Å². The average molecular weight is 703 g/mol. The van der Waals surface area contributed by atoms with Crippen LogP contribution < -0.4 is 15.4 Å². The number of rotatable bonds is 11. The fourth-order valence-electron chi connectivity index (χ4n) is 4.90. The molecule has 260 valence electrons. The second kappa shape index (κ2) is 14.5. The number of halogens is 10. The smallest absolute Gasteiger partial charge is 0.453 e. The van der Waals surface area contributed by atoms with Crippen molar-refractivity contribution in [2.45, 2.75) is 37.2 Å². The van der Waals surface area contributed by atoms with Crippen molar-refractivity contribution in [1.29, 1.82) is 0 Å². The Morgan fingerprint density at radius 2 is 1.47 bits per heavy atom. The van der Waals surface area contributed by atoms with Gasteiger partial charge in [-0.05, 0) is 59.2 Å². The fraction of sp³-hybridized carbons (Fsp3) is 0.212. The van der Waals surface area contributed by atoms with E-state index in [-0.39, 0.29) is 17.2 Å². The summed E-state index contributed by atoms with van der Waals surface area (Å²) in [5.41, 5.74) is -5.34. The van der Waals surface area contributed by atoms with E-state index in [0.717, 1.165) is 25.3 Å². The molecule has 2 amide bonds. The van der Waals surface area contributed by atoms with Gasteiger partial charge in [0.05, 0.1) is 18.2 Å². The number of benzene rings is 4. The summed E-state index contributed by atoms with van der Waals surface area (Å²) in [6.07, 6.45) is -16.1. The summed E-state index contributed by atoms with van der Waals surface area (Å²) in [4.78, 5) is 25.5. The van der Waals surface area contributed by atoms with Crippen LogP contribution >= 0.6 is 0 Å². The number of hydrogen-bond acceptors (Lipinski definition) is 4. The SMILES string of the molecule is COC(=O)NCc1cc([C@@](Cc2ccccc2)(NC(=O)c2ccc(F)c(C(F)(F)F)c2)c2cc(F)cc(OC(F)(F)C(F)F)c2)ccc1F. The van der Waals surface area contributed by atoms with E-state index in [9.17, 15) is 49.1 Å². The largest absolute Gasteiger partial charge is 0.461 e. The molecular weight excluding hydrogens is 678 g/mol. The van der Waals surface area contributed by atoms with Crippen LogP contribution in [0.2, 0.25) is 0 Å². The Labute approximate surface area is 271 Å². The average Bonchev–Trinajstić information content (AvgIpc) is 3.03. The molecule has 49 heavy (non-hydrogen) atoms. The summed E-state index contributed by atoms with van der Waals surface area (Å²) >= 11 is 0. The van der Waals surface area contributed by atoms with Crippen molar-refractivity contribution in [3.05, 3.63) is 136 Å². The van der Waals surface area contributed by atoms with Gasteiger partial charge in [-0.3, -0.25) is 4.79 Å². The molecule has 16 heteroatoms. The second-order valence-corrected chi connectivity index (χ2v) is 10.5. The lowest BCUT2D eigenvalue weighted by Gasteiger charge is -2.37. The van der Waals surface area contributed by atoms with E-state index >= 15 is 4.39 Å². The molecule has 4 rings (SSSR count). The molecule has 0 heterocycles. The van der Waals surface area contributed by atoms with Crippen LogP contribution in [-0.4, -0.2) is 31.6 Å². The first-order chi connectivity index (χ1) is 22.9. The van der Waals surface area contributed by atoms with Crippen LogP contribution in [0.3, 0.4) is 0 Å². The minimum Gasteiger partial charge on any atom is -0.453 e. The maximum absolute atomic E-state index is 15.2. The summed E-state index contributed by atoms with van der Waals surface area (Å²) in [5.74, 6) is -6.41. The van der Waals surface area contributed by atoms with Gasteiger partial charge in [-0.2, -0.15) is 30.7 Å². The molecule has 2 N–H and O–H groups in total. The highest BCUT2D eigenvalue weighted by molar-refractivity contribution is 5.95. The molecule has 0 fully saturated rings. The molecule has 0 aliphatic heterocycles. The molecule has 0 radical (unpaired) electrons. The van der Waals surface area contributed by atoms with Crippen molar-refractivity contribution >= 4 is 12.0 Å². The number of carbonyl (C=O) groups is 2. The third-order valence-corrected chi connectivity index (χ3v) is 7.19. The van der Waals surface area contributed by atoms with Crippen molar-refractivity contribution in [2.75, 3.05) is 7.11 Å². The zero-order valence-electron chi connectivity index (χ0n) is 25.0. The Kier molecular flexibility index (Phi) is 10.8. The molecule has 4 aromatic rings. The standard InChI is InChI=1S/C33H24F10N2O4/c1-48-30(47)44-17-20-11-21(8-10-26(20)35)31(16-18-5-3-2-4-6-18,22-13-23(34)15-24(14-22)49-33(42,43)29(37)38)45-28(46)19-7-9-27(36)25(12-19)32(39,40)41/h2-15,29H,16-17H2,1H3,(H,44,47)(H,45,46)/t31-/m1/s1. The first kappa shape index (κ1) is 36.6. The molecule has 0 aliphatic rings. The van der Waals surface area contributed by atoms with E-state index in [1.54, 1.807) is 6.07 Å². The highest BCUT2D eigenvalue weighted by Crippen LogP contribution is 2.39. The van der Waals surface area contributed by atoms with Crippen molar-refractivity contribution in [3.63, 3.8) is 0 Å². The summed E-state index contributed by atoms with van der Waals surface area (Å²) in [6.45, 7) is -0.521. The van der Waals surface area contributed by atoms with Crippen LogP contribution in [-0.2, 0) is 29.4 Å². The maximum atomic E-state index is 15.2. The predicted octanol–water partition coefficient (Wildman–Crippen LogP) is 8.13. The van der Waals surface area contributed by atoms with Crippen LogP contribution in [0, 0.1) is 17.5 Å². The van der Waals surface area contributed by atoms with Gasteiger partial charge in [0.1, 0.15) is 23.2 Å². The molecule has 0 bridgehead atoms. The van der Waals surface area contributed by atoms with Crippen molar-refractivity contribution in [3.8, 4) is 5.75 Å². The summed E-state index contributed by atoms with van der Waals surface area (Å²) < 4.78 is 147. The number of carbonyl (C=O) groups excluding carboxylic acids is 2. The van der Waals surface area contributed by atoms with Crippen LogP contribution in [0.1, 0.15) is 38.2 Å². The molecule has 4 aromatic carbocycles. The number of amides is 2. The third-order valence-electron chi connectivity index (χ3n) is 7.19. The van der Waals surface area contributed by atoms with Crippen molar-refractivity contribution in [2.24, 2.45) is 0 Å². The molecule has 0 unspecified atom stereocenters. The van der Waals surface area contributed by atoms with Crippen molar-refractivity contribution < 1.29 is 63.0 Å². The number of nitrogens with one attached hydrogen (secondary N) is 2. The molecule has 0 saturated heterocycles. The second-order valence-electron chi connectivity index (χ2n) is 10.5. The van der Waals surface area contributed by atoms with Gasteiger partial charge < -0.3 is 20.1 Å². The van der Waals surface area contributed by atoms with E-state index in [0.29, 0.717) is 35.9 Å². The van der Waals surface area contributed by atoms with Gasteiger partial charge in [0.2, 0.25) is 0 Å². The maximum Gasteiger partial charge on any atom is 0.461 e. The van der Waals surface area contributed by atoms with E-state index in [1.165, 1.54) is 24.3 Å². The number of ether oxygens (including phenoxy) is 2. The molecule has 0 spiro atoms. The van der Waals surface area contributed by atoms with Gasteiger partial charge in [0.15, 0.2) is 0 Å². The molecule has 1 atom stereocenters. The van der Waals surface area contributed by atoms with Crippen LogP contribution in [0.5, 0.6) is 5.75 Å². The van der Waals surface area contributed by atoms with Crippen LogP contribution in [0.15, 0.2) is 84.9 Å². The predicted molar refractivity (Wildman–Crippen MR) is 153 cm³/mol. The normalized spacial score (nSPS) is 13.1. The summed E-state index contributed by atoms with van der Waals surface area (Å²) in [5, 5.41) is 4.71. The Morgan fingerprint density at radius 3 is 2.10 bits per heavy atom. The fourth-order valence-corrected chi connectivity index (χ4v) is 4.90. The number of alkyl halides is 7. The monoisotopic (exact) mass is 702 g/mol. The molecule has 0 aliphatic carbocycles. The lowest BCUT2D eigenvalue weighted by Crippen LogP contribution is -2.49. The van der Waals surface area contributed by atoms with Gasteiger partial charge in [-0.1, -0.05) is 36.4 Å². The first-order valence-corrected chi connectivity index (χ1v) is 13.9. The molecule has 0 saturated carbocycles. The number of alkyl carbamates (subject to hydrolysis) is 1. The van der Waals surface area contributed by atoms with Gasteiger partial charge in [0.25, 0.3) is 5.91 Å². The highest BCUT2D eigenvalue weighted by Gasteiger charge is 2.45. The minimum absolute atomic E-state index is 0.150. The van der Waals surface area contributed by atoms with E-state index in [1.807, 2.05) is 0 Å². The summed E-state index contributed by atoms with van der Waals surface area (Å²) in [7, 11) is 1.03. The lowest BCUT2D eigenvalue weighted by molar-refractivity contribution is -0.253. The van der Waals surface area contributed by atoms with Gasteiger partial charge in [0, 0.05) is 30.2 Å². The molecule has 0 aromatic heterocycles. The Morgan fingerprint density at radius 1 is 0.796 bits per heavy atom. The number of methoxy groups -OCH3 is 1. The van der Waals surface area contributed by atoms with Crippen LogP contribution in [0.25, 0.3) is 0 Å². The summed E-state index contributed by atoms with van der Waals surface area (Å²) in [6, 6.07) is 13.8. The van der Waals surface area contributed by atoms with Gasteiger partial charge in [-0.15, -0.1) is 0 Å². The zero-order chi connectivity index (χ0) is 36.1. The Balaban J connectivity index is 2.01. The Bertz CT molecular complexity index is 1820.